The van der Waals surface area contributed by atoms with Crippen molar-refractivity contribution in [3.05, 3.63) is 59.4 Å². The molecular formula is C19H22N4O. The fourth-order valence-electron chi connectivity index (χ4n) is 3.24. The fraction of sp³-hybridized carbons (Fsp3) is 0.368. The Morgan fingerprint density at radius 2 is 2.12 bits per heavy atom. The van der Waals surface area contributed by atoms with Gasteiger partial charge < -0.3 is 10.4 Å². The average Bonchev–Trinajstić information content (AvgIpc) is 3.08. The summed E-state index contributed by atoms with van der Waals surface area (Å²) in [6, 6.07) is 12.5. The Balaban J connectivity index is 1.71. The highest BCUT2D eigenvalue weighted by atomic mass is 16.3. The van der Waals surface area contributed by atoms with E-state index in [1.165, 1.54) is 11.1 Å². The molecule has 0 spiro atoms. The van der Waals surface area contributed by atoms with E-state index in [9.17, 15) is 5.11 Å². The second-order valence-electron chi connectivity index (χ2n) is 6.10. The van der Waals surface area contributed by atoms with E-state index in [1.54, 1.807) is 18.5 Å². The van der Waals surface area contributed by atoms with E-state index >= 15 is 0 Å². The smallest absolute Gasteiger partial charge is 0.101 e. The van der Waals surface area contributed by atoms with Crippen LogP contribution in [-0.4, -0.2) is 34.2 Å². The molecule has 0 amide bonds. The molecule has 24 heavy (non-hydrogen) atoms. The van der Waals surface area contributed by atoms with E-state index in [0.717, 1.165) is 31.6 Å². The molecule has 1 fully saturated rings. The SMILES string of the molecule is N#Cc1ccncc1NCc1ccccc1CN1CCC[C@H]1CO. The van der Waals surface area contributed by atoms with Crippen LogP contribution in [0.5, 0.6) is 0 Å². The lowest BCUT2D eigenvalue weighted by atomic mass is 10.1. The van der Waals surface area contributed by atoms with Gasteiger partial charge in [0.25, 0.3) is 0 Å². The lowest BCUT2D eigenvalue weighted by Gasteiger charge is -2.24. The molecule has 2 N–H and O–H groups in total. The minimum absolute atomic E-state index is 0.224. The van der Waals surface area contributed by atoms with Gasteiger partial charge in [0.1, 0.15) is 6.07 Å². The number of hydrogen-bond donors (Lipinski definition) is 2. The summed E-state index contributed by atoms with van der Waals surface area (Å²) < 4.78 is 0. The molecule has 1 aromatic carbocycles. The standard InChI is InChI=1S/C19H22N4O/c20-10-15-7-8-21-12-19(15)22-11-16-4-1-2-5-17(16)13-23-9-3-6-18(23)14-24/h1-2,4-5,7-8,12,18,22,24H,3,6,9,11,13-14H2/t18-/m0/s1. The monoisotopic (exact) mass is 322 g/mol. The number of aliphatic hydroxyl groups is 1. The van der Waals surface area contributed by atoms with Gasteiger partial charge in [-0.1, -0.05) is 24.3 Å². The largest absolute Gasteiger partial charge is 0.395 e. The van der Waals surface area contributed by atoms with Crippen molar-refractivity contribution >= 4 is 5.69 Å². The number of nitriles is 1. The van der Waals surface area contributed by atoms with Gasteiger partial charge in [0.05, 0.1) is 24.1 Å². The number of likely N-dealkylation sites (tertiary alicyclic amines) is 1. The zero-order chi connectivity index (χ0) is 16.8. The van der Waals surface area contributed by atoms with Crippen molar-refractivity contribution in [3.63, 3.8) is 0 Å². The van der Waals surface area contributed by atoms with Gasteiger partial charge in [-0.15, -0.1) is 0 Å². The van der Waals surface area contributed by atoms with Crippen LogP contribution in [0.15, 0.2) is 42.7 Å². The van der Waals surface area contributed by atoms with Crippen molar-refractivity contribution < 1.29 is 5.11 Å². The van der Waals surface area contributed by atoms with Crippen molar-refractivity contribution in [2.75, 3.05) is 18.5 Å². The first kappa shape index (κ1) is 16.4. The molecule has 0 bridgehead atoms. The van der Waals surface area contributed by atoms with Gasteiger partial charge in [-0.05, 0) is 36.6 Å². The number of anilines is 1. The van der Waals surface area contributed by atoms with Gasteiger partial charge >= 0.3 is 0 Å². The number of aliphatic hydroxyl groups excluding tert-OH is 1. The normalized spacial score (nSPS) is 17.6. The summed E-state index contributed by atoms with van der Waals surface area (Å²) >= 11 is 0. The molecule has 1 saturated heterocycles. The molecule has 1 aliphatic heterocycles. The molecule has 0 radical (unpaired) electrons. The summed E-state index contributed by atoms with van der Waals surface area (Å²) in [6.45, 7) is 2.76. The second-order valence-corrected chi connectivity index (χ2v) is 6.10. The predicted molar refractivity (Wildman–Crippen MR) is 93.2 cm³/mol. The van der Waals surface area contributed by atoms with E-state index < -0.39 is 0 Å². The molecule has 124 valence electrons. The van der Waals surface area contributed by atoms with Gasteiger partial charge in [-0.25, -0.2) is 0 Å². The molecule has 5 nitrogen and oxygen atoms in total. The van der Waals surface area contributed by atoms with E-state index in [-0.39, 0.29) is 12.6 Å². The summed E-state index contributed by atoms with van der Waals surface area (Å²) in [7, 11) is 0. The van der Waals surface area contributed by atoms with Crippen molar-refractivity contribution in [2.24, 2.45) is 0 Å². The molecule has 0 unspecified atom stereocenters. The van der Waals surface area contributed by atoms with E-state index in [1.807, 2.05) is 12.1 Å². The molecule has 1 atom stereocenters. The summed E-state index contributed by atoms with van der Waals surface area (Å²) in [6.07, 6.45) is 5.52. The number of nitrogens with one attached hydrogen (secondary N) is 1. The zero-order valence-electron chi connectivity index (χ0n) is 13.7. The third-order valence-electron chi connectivity index (χ3n) is 4.61. The Kier molecular flexibility index (Phi) is 5.42. The Morgan fingerprint density at radius 3 is 2.92 bits per heavy atom. The van der Waals surface area contributed by atoms with Crippen LogP contribution < -0.4 is 5.32 Å². The number of benzene rings is 1. The fourth-order valence-corrected chi connectivity index (χ4v) is 3.24. The van der Waals surface area contributed by atoms with Crippen LogP contribution >= 0.6 is 0 Å². The number of rotatable bonds is 6. The summed E-state index contributed by atoms with van der Waals surface area (Å²) in [5.74, 6) is 0. The van der Waals surface area contributed by atoms with E-state index in [4.69, 9.17) is 5.26 Å². The highest BCUT2D eigenvalue weighted by molar-refractivity contribution is 5.55. The highest BCUT2D eigenvalue weighted by Gasteiger charge is 2.24. The molecule has 1 aromatic heterocycles. The van der Waals surface area contributed by atoms with E-state index in [2.05, 4.69) is 33.4 Å². The Labute approximate surface area is 142 Å². The number of hydrogen-bond acceptors (Lipinski definition) is 5. The third-order valence-corrected chi connectivity index (χ3v) is 4.61. The van der Waals surface area contributed by atoms with Gasteiger partial charge in [-0.2, -0.15) is 5.26 Å². The van der Waals surface area contributed by atoms with Crippen molar-refractivity contribution in [3.8, 4) is 6.07 Å². The molecule has 0 aliphatic carbocycles. The first-order valence-electron chi connectivity index (χ1n) is 8.31. The maximum absolute atomic E-state index is 9.50. The molecule has 5 heteroatoms. The molecule has 2 aromatic rings. The lowest BCUT2D eigenvalue weighted by molar-refractivity contribution is 0.153. The maximum atomic E-state index is 9.50. The molecule has 2 heterocycles. The predicted octanol–water partition coefficient (Wildman–Crippen LogP) is 2.52. The third kappa shape index (κ3) is 3.73. The zero-order valence-corrected chi connectivity index (χ0v) is 13.7. The molecule has 0 saturated carbocycles. The van der Waals surface area contributed by atoms with Crippen LogP contribution in [0.2, 0.25) is 0 Å². The van der Waals surface area contributed by atoms with Crippen LogP contribution in [0.1, 0.15) is 29.5 Å². The molecular weight excluding hydrogens is 300 g/mol. The first-order chi connectivity index (χ1) is 11.8. The Hall–Kier alpha value is -2.42. The second kappa shape index (κ2) is 7.91. The van der Waals surface area contributed by atoms with Crippen molar-refractivity contribution in [1.82, 2.24) is 9.88 Å². The van der Waals surface area contributed by atoms with Gasteiger partial charge in [-0.3, -0.25) is 9.88 Å². The number of aromatic nitrogens is 1. The van der Waals surface area contributed by atoms with Crippen LogP contribution in [0.25, 0.3) is 0 Å². The van der Waals surface area contributed by atoms with Gasteiger partial charge in [0.15, 0.2) is 0 Å². The highest BCUT2D eigenvalue weighted by Crippen LogP contribution is 2.22. The topological polar surface area (TPSA) is 72.2 Å². The quantitative estimate of drug-likeness (QED) is 0.855. The summed E-state index contributed by atoms with van der Waals surface area (Å²) in [4.78, 5) is 6.43. The minimum Gasteiger partial charge on any atom is -0.395 e. The number of pyridine rings is 1. The van der Waals surface area contributed by atoms with Crippen LogP contribution in [-0.2, 0) is 13.1 Å². The first-order valence-corrected chi connectivity index (χ1v) is 8.31. The summed E-state index contributed by atoms with van der Waals surface area (Å²) in [5.41, 5.74) is 3.81. The van der Waals surface area contributed by atoms with Crippen molar-refractivity contribution in [2.45, 2.75) is 32.0 Å². The van der Waals surface area contributed by atoms with Crippen LogP contribution in [0.3, 0.4) is 0 Å². The summed E-state index contributed by atoms with van der Waals surface area (Å²) in [5, 5.41) is 22.0. The average molecular weight is 322 g/mol. The maximum Gasteiger partial charge on any atom is 0.101 e. The Bertz CT molecular complexity index is 725. The van der Waals surface area contributed by atoms with Gasteiger partial charge in [0, 0.05) is 25.3 Å². The lowest BCUT2D eigenvalue weighted by Crippen LogP contribution is -2.32. The molecule has 3 rings (SSSR count). The molecule has 1 aliphatic rings. The van der Waals surface area contributed by atoms with Gasteiger partial charge in [0.2, 0.25) is 0 Å². The van der Waals surface area contributed by atoms with E-state index in [0.29, 0.717) is 12.1 Å². The van der Waals surface area contributed by atoms with Crippen molar-refractivity contribution in [1.29, 1.82) is 5.26 Å². The Morgan fingerprint density at radius 1 is 1.29 bits per heavy atom. The minimum atomic E-state index is 0.224. The number of nitrogens with zero attached hydrogens (tertiary/aromatic N) is 3. The van der Waals surface area contributed by atoms with Crippen LogP contribution in [0, 0.1) is 11.3 Å². The van der Waals surface area contributed by atoms with Crippen LogP contribution in [0.4, 0.5) is 5.69 Å².